The van der Waals surface area contributed by atoms with Crippen LogP contribution in [0.4, 0.5) is 5.69 Å². The van der Waals surface area contributed by atoms with Crippen LogP contribution < -0.4 is 4.90 Å². The second-order valence-corrected chi connectivity index (χ2v) is 9.63. The normalized spacial score (nSPS) is 10.4. The molecule has 0 aromatic heterocycles. The molecule has 0 aliphatic carbocycles. The zero-order valence-corrected chi connectivity index (χ0v) is 21.9. The van der Waals surface area contributed by atoms with Crippen molar-refractivity contribution < 1.29 is 0 Å². The van der Waals surface area contributed by atoms with Crippen molar-refractivity contribution >= 4 is 38.0 Å². The second kappa shape index (κ2) is 10.1. The van der Waals surface area contributed by atoms with E-state index < -0.39 is 0 Å². The van der Waals surface area contributed by atoms with Gasteiger partial charge in [-0.25, -0.2) is 0 Å². The zero-order valence-electron chi connectivity index (χ0n) is 21.9. The summed E-state index contributed by atoms with van der Waals surface area (Å²) in [6, 6.07) is 37.3. The molecule has 0 saturated heterocycles. The average Bonchev–Trinajstić information content (AvgIpc) is 2.98. The van der Waals surface area contributed by atoms with E-state index in [1.54, 1.807) is 0 Å². The fourth-order valence-corrected chi connectivity index (χ4v) is 5.13. The van der Waals surface area contributed by atoms with Gasteiger partial charge >= 0.3 is 0 Å². The van der Waals surface area contributed by atoms with Gasteiger partial charge in [0, 0.05) is 53.0 Å². The van der Waals surface area contributed by atoms with Gasteiger partial charge in [-0.2, -0.15) is 0 Å². The van der Waals surface area contributed by atoms with Crippen LogP contribution in [0.3, 0.4) is 0 Å². The molecule has 0 heterocycles. The van der Waals surface area contributed by atoms with Gasteiger partial charge in [-0.05, 0) is 63.3 Å². The lowest BCUT2D eigenvalue weighted by atomic mass is 9.98. The minimum Gasteiger partial charge on any atom is -0.377 e. The van der Waals surface area contributed by atoms with Crippen LogP contribution in [0.5, 0.6) is 0 Å². The molecular weight excluding hydrogens is 470 g/mol. The van der Waals surface area contributed by atoms with E-state index in [9.17, 15) is 0 Å². The summed E-state index contributed by atoms with van der Waals surface area (Å²) in [6.07, 6.45) is 5.72. The summed E-state index contributed by atoms with van der Waals surface area (Å²) in [7, 11) is 4.14. The summed E-state index contributed by atoms with van der Waals surface area (Å²) >= 11 is 0. The molecular formula is C38H25N. The SMILES string of the molecule is C#Cc1cccc2c(C#Cc3cccc4c(C#Cc5cccc6c(N(C)C)cccc56)cccc34)cccc12. The number of fused-ring (bicyclic) bond motifs is 3. The summed E-state index contributed by atoms with van der Waals surface area (Å²) in [4.78, 5) is 2.14. The Hall–Kier alpha value is -5.42. The van der Waals surface area contributed by atoms with Crippen LogP contribution in [0, 0.1) is 36.0 Å². The highest BCUT2D eigenvalue weighted by Crippen LogP contribution is 2.28. The monoisotopic (exact) mass is 495 g/mol. The molecule has 0 spiro atoms. The first-order valence-electron chi connectivity index (χ1n) is 12.9. The van der Waals surface area contributed by atoms with Gasteiger partial charge in [-0.3, -0.25) is 0 Å². The van der Waals surface area contributed by atoms with Crippen LogP contribution in [0.2, 0.25) is 0 Å². The Morgan fingerprint density at radius 2 is 0.718 bits per heavy atom. The van der Waals surface area contributed by atoms with E-state index in [1.807, 2.05) is 24.3 Å². The number of rotatable bonds is 1. The van der Waals surface area contributed by atoms with E-state index >= 15 is 0 Å². The highest BCUT2D eigenvalue weighted by Gasteiger charge is 2.06. The summed E-state index contributed by atoms with van der Waals surface area (Å²) < 4.78 is 0. The molecule has 1 nitrogen and oxygen atoms in total. The van der Waals surface area contributed by atoms with Crippen molar-refractivity contribution in [2.75, 3.05) is 19.0 Å². The third-order valence-electron chi connectivity index (χ3n) is 7.04. The smallest absolute Gasteiger partial charge is 0.0441 e. The number of benzene rings is 6. The third kappa shape index (κ3) is 4.47. The standard InChI is InChI=1S/C38H25N/c1-4-27-11-5-17-33-28(12-6-16-32(27)33)23-24-29-13-7-19-35-30(14-8-18-34(29)35)25-26-31-15-9-21-37-36(31)20-10-22-38(37)39(2)3/h1,5-22H,2-3H3. The quantitative estimate of drug-likeness (QED) is 0.209. The Labute approximate surface area is 229 Å². The molecule has 6 rings (SSSR count). The summed E-state index contributed by atoms with van der Waals surface area (Å²) in [6.45, 7) is 0. The maximum atomic E-state index is 5.72. The van der Waals surface area contributed by atoms with E-state index in [-0.39, 0.29) is 0 Å². The fraction of sp³-hybridized carbons (Fsp3) is 0.0526. The summed E-state index contributed by atoms with van der Waals surface area (Å²) in [5.74, 6) is 16.5. The largest absolute Gasteiger partial charge is 0.377 e. The van der Waals surface area contributed by atoms with Gasteiger partial charge in [-0.1, -0.05) is 102 Å². The van der Waals surface area contributed by atoms with Gasteiger partial charge in [0.15, 0.2) is 0 Å². The van der Waals surface area contributed by atoms with Crippen LogP contribution in [-0.4, -0.2) is 14.1 Å². The van der Waals surface area contributed by atoms with Crippen LogP contribution >= 0.6 is 0 Å². The number of nitrogens with zero attached hydrogens (tertiary/aromatic N) is 1. The maximum absolute atomic E-state index is 5.72. The lowest BCUT2D eigenvalue weighted by Crippen LogP contribution is -2.08. The predicted molar refractivity (Wildman–Crippen MR) is 166 cm³/mol. The van der Waals surface area contributed by atoms with E-state index in [2.05, 4.69) is 134 Å². The minimum atomic E-state index is 0.883. The van der Waals surface area contributed by atoms with Crippen molar-refractivity contribution in [2.24, 2.45) is 0 Å². The number of hydrogen-bond donors (Lipinski definition) is 0. The molecule has 182 valence electrons. The minimum absolute atomic E-state index is 0.883. The lowest BCUT2D eigenvalue weighted by molar-refractivity contribution is 1.14. The van der Waals surface area contributed by atoms with Crippen molar-refractivity contribution in [3.63, 3.8) is 0 Å². The van der Waals surface area contributed by atoms with E-state index in [0.29, 0.717) is 0 Å². The van der Waals surface area contributed by atoms with E-state index in [0.717, 1.165) is 54.7 Å². The highest BCUT2D eigenvalue weighted by atomic mass is 15.1. The molecule has 0 radical (unpaired) electrons. The molecule has 0 bridgehead atoms. The molecule has 0 fully saturated rings. The number of terminal acetylenes is 1. The Bertz CT molecular complexity index is 2060. The number of anilines is 1. The van der Waals surface area contributed by atoms with Crippen molar-refractivity contribution in [1.29, 1.82) is 0 Å². The predicted octanol–water partition coefficient (Wildman–Crippen LogP) is 7.99. The van der Waals surface area contributed by atoms with Gasteiger partial charge in [0.05, 0.1) is 0 Å². The molecule has 0 aliphatic heterocycles. The Balaban J connectivity index is 1.43. The maximum Gasteiger partial charge on any atom is 0.0441 e. The van der Waals surface area contributed by atoms with Gasteiger partial charge in [0.1, 0.15) is 0 Å². The first-order valence-corrected chi connectivity index (χ1v) is 12.9. The van der Waals surface area contributed by atoms with Crippen molar-refractivity contribution in [3.8, 4) is 36.0 Å². The van der Waals surface area contributed by atoms with Gasteiger partial charge in [-0.15, -0.1) is 6.42 Å². The first kappa shape index (κ1) is 23.9. The van der Waals surface area contributed by atoms with Crippen LogP contribution in [0.1, 0.15) is 27.8 Å². The molecule has 0 saturated carbocycles. The molecule has 6 aromatic carbocycles. The molecule has 0 unspecified atom stereocenters. The summed E-state index contributed by atoms with van der Waals surface area (Å²) in [5.41, 5.74) is 6.01. The summed E-state index contributed by atoms with van der Waals surface area (Å²) in [5, 5.41) is 6.67. The van der Waals surface area contributed by atoms with E-state index in [4.69, 9.17) is 6.42 Å². The van der Waals surface area contributed by atoms with Crippen molar-refractivity contribution in [2.45, 2.75) is 0 Å². The van der Waals surface area contributed by atoms with Gasteiger partial charge < -0.3 is 4.90 Å². The van der Waals surface area contributed by atoms with Crippen LogP contribution in [0.15, 0.2) is 109 Å². The molecule has 0 N–H and O–H groups in total. The second-order valence-electron chi connectivity index (χ2n) is 9.63. The van der Waals surface area contributed by atoms with Gasteiger partial charge in [0.2, 0.25) is 0 Å². The average molecular weight is 496 g/mol. The topological polar surface area (TPSA) is 3.24 Å². The molecule has 39 heavy (non-hydrogen) atoms. The number of hydrogen-bond acceptors (Lipinski definition) is 1. The fourth-order valence-electron chi connectivity index (χ4n) is 5.13. The molecule has 0 amide bonds. The molecule has 6 aromatic rings. The van der Waals surface area contributed by atoms with Crippen molar-refractivity contribution in [3.05, 3.63) is 137 Å². The Morgan fingerprint density at radius 3 is 1.10 bits per heavy atom. The Kier molecular flexibility index (Phi) is 6.23. The molecule has 0 atom stereocenters. The Morgan fingerprint density at radius 1 is 0.410 bits per heavy atom. The first-order chi connectivity index (χ1) is 19.1. The third-order valence-corrected chi connectivity index (χ3v) is 7.04. The van der Waals surface area contributed by atoms with Gasteiger partial charge in [0.25, 0.3) is 0 Å². The zero-order chi connectivity index (χ0) is 26.8. The molecule has 0 aliphatic rings. The van der Waals surface area contributed by atoms with Crippen LogP contribution in [-0.2, 0) is 0 Å². The van der Waals surface area contributed by atoms with Crippen molar-refractivity contribution in [1.82, 2.24) is 0 Å². The van der Waals surface area contributed by atoms with Crippen LogP contribution in [0.25, 0.3) is 32.3 Å². The molecule has 1 heteroatoms. The van der Waals surface area contributed by atoms with E-state index in [1.165, 1.54) is 11.1 Å². The highest BCUT2D eigenvalue weighted by molar-refractivity contribution is 5.98. The lowest BCUT2D eigenvalue weighted by Gasteiger charge is -2.15.